The quantitative estimate of drug-likeness (QED) is 0.520. The maximum absolute atomic E-state index is 11.9. The van der Waals surface area contributed by atoms with E-state index in [1.807, 2.05) is 13.0 Å². The van der Waals surface area contributed by atoms with Gasteiger partial charge in [-0.1, -0.05) is 42.5 Å². The summed E-state index contributed by atoms with van der Waals surface area (Å²) in [5.41, 5.74) is 1.94. The van der Waals surface area contributed by atoms with Crippen molar-refractivity contribution in [1.82, 2.24) is 0 Å². The van der Waals surface area contributed by atoms with E-state index >= 15 is 0 Å². The number of ketones is 2. The number of anilines is 1. The predicted octanol–water partition coefficient (Wildman–Crippen LogP) is 2.78. The number of benzene rings is 2. The fraction of sp³-hybridized carbons (Fsp3) is 0.118. The largest absolute Gasteiger partial charge is 0.319 e. The van der Waals surface area contributed by atoms with Crippen LogP contribution in [0.3, 0.4) is 0 Å². The molecule has 4 nitrogen and oxygen atoms in total. The highest BCUT2D eigenvalue weighted by Gasteiger charge is 2.18. The van der Waals surface area contributed by atoms with Gasteiger partial charge in [0.2, 0.25) is 5.78 Å². The number of carbonyl (C=O) groups excluding carboxylic acids is 3. The molecule has 0 fully saturated rings. The molecule has 0 aliphatic heterocycles. The lowest BCUT2D eigenvalue weighted by atomic mass is 10.1. The van der Waals surface area contributed by atoms with Gasteiger partial charge in [0.25, 0.3) is 5.91 Å². The molecule has 0 heterocycles. The number of amides is 1. The Morgan fingerprint density at radius 3 is 2.33 bits per heavy atom. The van der Waals surface area contributed by atoms with Gasteiger partial charge in [-0.05, 0) is 24.6 Å². The molecule has 1 N–H and O–H groups in total. The van der Waals surface area contributed by atoms with Crippen LogP contribution in [0, 0.1) is 6.92 Å². The van der Waals surface area contributed by atoms with Gasteiger partial charge in [0.15, 0.2) is 5.78 Å². The van der Waals surface area contributed by atoms with Gasteiger partial charge in [-0.15, -0.1) is 0 Å². The summed E-state index contributed by atoms with van der Waals surface area (Å²) in [7, 11) is 0. The van der Waals surface area contributed by atoms with Crippen LogP contribution in [0.1, 0.15) is 22.3 Å². The topological polar surface area (TPSA) is 63.2 Å². The number of rotatable bonds is 5. The fourth-order valence-corrected chi connectivity index (χ4v) is 1.88. The summed E-state index contributed by atoms with van der Waals surface area (Å²) >= 11 is 0. The average Bonchev–Trinajstić information content (AvgIpc) is 2.48. The molecule has 1 amide bonds. The van der Waals surface area contributed by atoms with E-state index in [0.717, 1.165) is 5.56 Å². The molecular weight excluding hydrogens is 266 g/mol. The second-order valence-corrected chi connectivity index (χ2v) is 4.71. The van der Waals surface area contributed by atoms with Crippen LogP contribution in [0.15, 0.2) is 54.6 Å². The van der Waals surface area contributed by atoms with Crippen LogP contribution in [-0.2, 0) is 9.59 Å². The molecule has 0 unspecified atom stereocenters. The van der Waals surface area contributed by atoms with Crippen molar-refractivity contribution in [1.29, 1.82) is 0 Å². The molecule has 0 aliphatic carbocycles. The van der Waals surface area contributed by atoms with Crippen LogP contribution in [0.25, 0.3) is 0 Å². The summed E-state index contributed by atoms with van der Waals surface area (Å²) < 4.78 is 0. The highest BCUT2D eigenvalue weighted by atomic mass is 16.2. The first-order chi connectivity index (χ1) is 10.1. The van der Waals surface area contributed by atoms with Crippen molar-refractivity contribution < 1.29 is 14.4 Å². The van der Waals surface area contributed by atoms with E-state index < -0.39 is 18.1 Å². The van der Waals surface area contributed by atoms with Gasteiger partial charge in [0.1, 0.15) is 0 Å². The second-order valence-electron chi connectivity index (χ2n) is 4.71. The summed E-state index contributed by atoms with van der Waals surface area (Å²) in [6.45, 7) is 1.89. The minimum atomic E-state index is -0.773. The lowest BCUT2D eigenvalue weighted by Crippen LogP contribution is -2.25. The highest BCUT2D eigenvalue weighted by Crippen LogP contribution is 2.10. The second kappa shape index (κ2) is 6.61. The Balaban J connectivity index is 1.97. The molecular formula is C17H15NO3. The van der Waals surface area contributed by atoms with E-state index in [-0.39, 0.29) is 5.78 Å². The van der Waals surface area contributed by atoms with Gasteiger partial charge in [0, 0.05) is 11.3 Å². The van der Waals surface area contributed by atoms with Crippen molar-refractivity contribution in [2.24, 2.45) is 0 Å². The normalized spacial score (nSPS) is 9.95. The molecule has 21 heavy (non-hydrogen) atoms. The van der Waals surface area contributed by atoms with Crippen LogP contribution in [-0.4, -0.2) is 17.5 Å². The van der Waals surface area contributed by atoms with Gasteiger partial charge in [0.05, 0.1) is 6.42 Å². The molecule has 4 heteroatoms. The Morgan fingerprint density at radius 2 is 1.67 bits per heavy atom. The Morgan fingerprint density at radius 1 is 0.952 bits per heavy atom. The van der Waals surface area contributed by atoms with Gasteiger partial charge in [-0.25, -0.2) is 0 Å². The molecule has 0 spiro atoms. The molecule has 0 saturated heterocycles. The minimum absolute atomic E-state index is 0.361. The Bertz CT molecular complexity index is 677. The van der Waals surface area contributed by atoms with Crippen molar-refractivity contribution in [3.63, 3.8) is 0 Å². The van der Waals surface area contributed by atoms with Crippen molar-refractivity contribution in [3.05, 3.63) is 65.7 Å². The molecule has 2 aromatic carbocycles. The van der Waals surface area contributed by atoms with Crippen LogP contribution < -0.4 is 5.32 Å². The van der Waals surface area contributed by atoms with Crippen molar-refractivity contribution in [2.45, 2.75) is 13.3 Å². The standard InChI is InChI=1S/C17H15NO3/c1-12-6-5-9-14(10-12)18-17(21)16(20)11-15(19)13-7-3-2-4-8-13/h2-10H,11H2,1H3,(H,18,21). The predicted molar refractivity (Wildman–Crippen MR) is 80.2 cm³/mol. The molecule has 106 valence electrons. The third kappa shape index (κ3) is 4.11. The molecule has 2 aromatic rings. The smallest absolute Gasteiger partial charge is 0.292 e. The third-order valence-corrected chi connectivity index (χ3v) is 2.95. The van der Waals surface area contributed by atoms with Crippen molar-refractivity contribution >= 4 is 23.2 Å². The van der Waals surface area contributed by atoms with E-state index in [0.29, 0.717) is 11.3 Å². The Kier molecular flexibility index (Phi) is 4.61. The zero-order chi connectivity index (χ0) is 15.2. The van der Waals surface area contributed by atoms with E-state index in [4.69, 9.17) is 0 Å². The van der Waals surface area contributed by atoms with Gasteiger partial charge in [-0.2, -0.15) is 0 Å². The maximum atomic E-state index is 11.9. The maximum Gasteiger partial charge on any atom is 0.292 e. The molecule has 2 rings (SSSR count). The van der Waals surface area contributed by atoms with E-state index in [9.17, 15) is 14.4 Å². The first-order valence-corrected chi connectivity index (χ1v) is 6.55. The molecule has 0 aliphatic rings. The third-order valence-electron chi connectivity index (χ3n) is 2.95. The number of carbonyl (C=O) groups is 3. The number of Topliss-reactive ketones (excluding diaryl/α,β-unsaturated/α-hetero) is 2. The monoisotopic (exact) mass is 281 g/mol. The van der Waals surface area contributed by atoms with Crippen molar-refractivity contribution in [2.75, 3.05) is 5.32 Å². The number of aryl methyl sites for hydroxylation is 1. The van der Waals surface area contributed by atoms with Crippen LogP contribution in [0.4, 0.5) is 5.69 Å². The summed E-state index contributed by atoms with van der Waals surface area (Å²) in [5, 5.41) is 2.50. The summed E-state index contributed by atoms with van der Waals surface area (Å²) in [6.07, 6.45) is -0.429. The fourth-order valence-electron chi connectivity index (χ4n) is 1.88. The lowest BCUT2D eigenvalue weighted by Gasteiger charge is -2.05. The molecule has 0 bridgehead atoms. The van der Waals surface area contributed by atoms with Crippen molar-refractivity contribution in [3.8, 4) is 0 Å². The Hall–Kier alpha value is -2.75. The van der Waals surface area contributed by atoms with E-state index in [1.165, 1.54) is 0 Å². The summed E-state index contributed by atoms with van der Waals surface area (Å²) in [5.74, 6) is -1.88. The summed E-state index contributed by atoms with van der Waals surface area (Å²) in [6, 6.07) is 15.6. The van der Waals surface area contributed by atoms with Gasteiger partial charge in [-0.3, -0.25) is 14.4 Å². The Labute approximate surface area is 122 Å². The number of hydrogen-bond donors (Lipinski definition) is 1. The zero-order valence-electron chi connectivity index (χ0n) is 11.6. The first-order valence-electron chi connectivity index (χ1n) is 6.55. The van der Waals surface area contributed by atoms with Gasteiger partial charge < -0.3 is 5.32 Å². The lowest BCUT2D eigenvalue weighted by molar-refractivity contribution is -0.134. The van der Waals surface area contributed by atoms with Crippen LogP contribution in [0.5, 0.6) is 0 Å². The van der Waals surface area contributed by atoms with Crippen LogP contribution >= 0.6 is 0 Å². The summed E-state index contributed by atoms with van der Waals surface area (Å²) in [4.78, 5) is 35.4. The number of nitrogens with one attached hydrogen (secondary N) is 1. The number of hydrogen-bond acceptors (Lipinski definition) is 3. The van der Waals surface area contributed by atoms with E-state index in [1.54, 1.807) is 48.5 Å². The molecule has 0 aromatic heterocycles. The van der Waals surface area contributed by atoms with Crippen LogP contribution in [0.2, 0.25) is 0 Å². The zero-order valence-corrected chi connectivity index (χ0v) is 11.6. The van der Waals surface area contributed by atoms with E-state index in [2.05, 4.69) is 5.32 Å². The SMILES string of the molecule is Cc1cccc(NC(=O)C(=O)CC(=O)c2ccccc2)c1. The highest BCUT2D eigenvalue weighted by molar-refractivity contribution is 6.44. The average molecular weight is 281 g/mol. The molecule has 0 atom stereocenters. The molecule has 0 radical (unpaired) electrons. The minimum Gasteiger partial charge on any atom is -0.319 e. The first kappa shape index (κ1) is 14.7. The van der Waals surface area contributed by atoms with Gasteiger partial charge >= 0.3 is 0 Å². The molecule has 0 saturated carbocycles.